The summed E-state index contributed by atoms with van der Waals surface area (Å²) in [5, 5.41) is 8.64. The maximum absolute atomic E-state index is 10.9. The van der Waals surface area contributed by atoms with E-state index in [1.54, 1.807) is 18.7 Å². The minimum atomic E-state index is -0.708. The summed E-state index contributed by atoms with van der Waals surface area (Å²) in [7, 11) is 0. The summed E-state index contributed by atoms with van der Waals surface area (Å²) >= 11 is 1.59. The average molecular weight is 242 g/mol. The van der Waals surface area contributed by atoms with E-state index in [-0.39, 0.29) is 10.00 Å². The summed E-state index contributed by atoms with van der Waals surface area (Å²) in [4.78, 5) is 10.9. The van der Waals surface area contributed by atoms with E-state index in [0.29, 0.717) is 5.92 Å². The molecular weight excluding hydrogens is 220 g/mol. The van der Waals surface area contributed by atoms with Crippen molar-refractivity contribution in [3.63, 3.8) is 0 Å². The van der Waals surface area contributed by atoms with E-state index in [2.05, 4.69) is 26.8 Å². The highest BCUT2D eigenvalue weighted by Gasteiger charge is 2.33. The molecule has 0 aliphatic heterocycles. The van der Waals surface area contributed by atoms with Crippen LogP contribution in [-0.4, -0.2) is 21.1 Å². The molecule has 0 aromatic heterocycles. The summed E-state index contributed by atoms with van der Waals surface area (Å²) in [5.74, 6) is -0.108. The molecule has 0 heterocycles. The van der Waals surface area contributed by atoms with Crippen LogP contribution in [0, 0.1) is 5.92 Å². The number of carboxylic acid groups (broad SMARTS) is 1. The molecule has 0 saturated heterocycles. The van der Waals surface area contributed by atoms with Crippen LogP contribution >= 0.6 is 11.8 Å². The summed E-state index contributed by atoms with van der Waals surface area (Å²) in [6.07, 6.45) is 5.75. The fraction of sp³-hybridized carbons (Fsp3) is 0.769. The number of carboxylic acids is 1. The summed E-state index contributed by atoms with van der Waals surface area (Å²) in [5.41, 5.74) is 1.48. The van der Waals surface area contributed by atoms with Gasteiger partial charge in [-0.3, -0.25) is 4.79 Å². The van der Waals surface area contributed by atoms with Gasteiger partial charge in [0, 0.05) is 4.75 Å². The quantitative estimate of drug-likeness (QED) is 0.763. The van der Waals surface area contributed by atoms with Gasteiger partial charge in [0.25, 0.3) is 0 Å². The Morgan fingerprint density at radius 3 is 2.69 bits per heavy atom. The van der Waals surface area contributed by atoms with Crippen molar-refractivity contribution in [1.82, 2.24) is 0 Å². The molecule has 3 heteroatoms. The third kappa shape index (κ3) is 3.55. The molecule has 0 spiro atoms. The molecule has 0 bridgehead atoms. The van der Waals surface area contributed by atoms with Crippen LogP contribution < -0.4 is 0 Å². The van der Waals surface area contributed by atoms with Crippen molar-refractivity contribution in [3.05, 3.63) is 11.6 Å². The van der Waals surface area contributed by atoms with Crippen molar-refractivity contribution in [1.29, 1.82) is 0 Å². The smallest absolute Gasteiger partial charge is 0.316 e. The van der Waals surface area contributed by atoms with Crippen LogP contribution in [-0.2, 0) is 4.79 Å². The van der Waals surface area contributed by atoms with Gasteiger partial charge in [-0.2, -0.15) is 0 Å². The first-order valence-electron chi connectivity index (χ1n) is 5.89. The van der Waals surface area contributed by atoms with E-state index >= 15 is 0 Å². The zero-order valence-electron chi connectivity index (χ0n) is 10.6. The molecule has 1 rings (SSSR count). The van der Waals surface area contributed by atoms with E-state index in [9.17, 15) is 4.79 Å². The minimum absolute atomic E-state index is 0.0506. The Hall–Kier alpha value is -0.440. The fourth-order valence-electron chi connectivity index (χ4n) is 2.20. The van der Waals surface area contributed by atoms with Gasteiger partial charge in [-0.25, -0.2) is 0 Å². The van der Waals surface area contributed by atoms with E-state index in [1.807, 2.05) is 0 Å². The Kier molecular flexibility index (Phi) is 4.48. The maximum Gasteiger partial charge on any atom is 0.316 e. The van der Waals surface area contributed by atoms with Gasteiger partial charge < -0.3 is 5.11 Å². The van der Waals surface area contributed by atoms with Gasteiger partial charge in [0.2, 0.25) is 0 Å². The second-order valence-electron chi connectivity index (χ2n) is 5.22. The Labute approximate surface area is 103 Å². The third-order valence-corrected chi connectivity index (χ3v) is 4.95. The molecule has 0 amide bonds. The lowest BCUT2D eigenvalue weighted by Gasteiger charge is -2.36. The zero-order chi connectivity index (χ0) is 12.3. The molecular formula is C13H22O2S. The lowest BCUT2D eigenvalue weighted by atomic mass is 9.82. The van der Waals surface area contributed by atoms with E-state index < -0.39 is 5.97 Å². The molecule has 2 atom stereocenters. The van der Waals surface area contributed by atoms with Gasteiger partial charge in [0.1, 0.15) is 0 Å². The van der Waals surface area contributed by atoms with Crippen LogP contribution in [0.3, 0.4) is 0 Å². The van der Waals surface area contributed by atoms with Gasteiger partial charge in [0.05, 0.1) is 5.25 Å². The van der Waals surface area contributed by atoms with Crippen molar-refractivity contribution < 1.29 is 9.90 Å². The van der Waals surface area contributed by atoms with Crippen molar-refractivity contribution in [2.24, 2.45) is 5.92 Å². The van der Waals surface area contributed by atoms with Crippen LogP contribution in [0.4, 0.5) is 0 Å². The number of hydrogen-bond acceptors (Lipinski definition) is 2. The van der Waals surface area contributed by atoms with Crippen molar-refractivity contribution >= 4 is 17.7 Å². The molecule has 2 nitrogen and oxygen atoms in total. The molecule has 92 valence electrons. The monoisotopic (exact) mass is 242 g/mol. The first-order chi connectivity index (χ1) is 7.33. The van der Waals surface area contributed by atoms with Crippen molar-refractivity contribution in [2.45, 2.75) is 57.0 Å². The number of aliphatic carboxylic acids is 1. The molecule has 16 heavy (non-hydrogen) atoms. The minimum Gasteiger partial charge on any atom is -0.480 e. The van der Waals surface area contributed by atoms with Crippen LogP contribution in [0.1, 0.15) is 47.0 Å². The Morgan fingerprint density at radius 1 is 1.62 bits per heavy atom. The third-order valence-electron chi connectivity index (χ3n) is 3.45. The van der Waals surface area contributed by atoms with Gasteiger partial charge in [-0.1, -0.05) is 25.5 Å². The number of carbonyl (C=O) groups is 1. The molecule has 0 aromatic rings. The topological polar surface area (TPSA) is 37.3 Å². The van der Waals surface area contributed by atoms with Gasteiger partial charge in [-0.05, 0) is 39.0 Å². The van der Waals surface area contributed by atoms with E-state index in [0.717, 1.165) is 12.8 Å². The predicted octanol–water partition coefficient (Wildman–Crippen LogP) is 3.72. The predicted molar refractivity (Wildman–Crippen MR) is 69.9 cm³/mol. The standard InChI is InChI=1S/C13H22O2S/c1-9-5-7-11(8-6-9)13(3,4)16-10(2)12(14)15/h5,10-11H,6-8H2,1-4H3,(H,14,15). The highest BCUT2D eigenvalue weighted by Crippen LogP contribution is 2.42. The molecule has 0 fully saturated rings. The largest absolute Gasteiger partial charge is 0.480 e. The van der Waals surface area contributed by atoms with Crippen molar-refractivity contribution in [3.8, 4) is 0 Å². The molecule has 1 N–H and O–H groups in total. The zero-order valence-corrected chi connectivity index (χ0v) is 11.4. The summed E-state index contributed by atoms with van der Waals surface area (Å²) < 4.78 is 0.0506. The van der Waals surface area contributed by atoms with Gasteiger partial charge >= 0.3 is 5.97 Å². The average Bonchev–Trinajstić information content (AvgIpc) is 2.17. The number of allylic oxidation sites excluding steroid dienone is 2. The Morgan fingerprint density at radius 2 is 2.25 bits per heavy atom. The number of rotatable bonds is 4. The second-order valence-corrected chi connectivity index (χ2v) is 7.22. The highest BCUT2D eigenvalue weighted by atomic mass is 32.2. The molecule has 2 unspecified atom stereocenters. The fourth-order valence-corrected chi connectivity index (χ4v) is 3.62. The maximum atomic E-state index is 10.9. The Bertz CT molecular complexity index is 294. The second kappa shape index (κ2) is 5.26. The molecule has 1 aliphatic rings. The molecule has 1 aliphatic carbocycles. The number of hydrogen-bond donors (Lipinski definition) is 1. The van der Waals surface area contributed by atoms with Gasteiger partial charge in [-0.15, -0.1) is 11.8 Å². The SMILES string of the molecule is CC1=CCC(C(C)(C)SC(C)C(=O)O)CC1. The van der Waals surface area contributed by atoms with Crippen molar-refractivity contribution in [2.75, 3.05) is 0 Å². The molecule has 0 radical (unpaired) electrons. The normalized spacial score (nSPS) is 23.8. The first-order valence-corrected chi connectivity index (χ1v) is 6.77. The number of thioether (sulfide) groups is 1. The lowest BCUT2D eigenvalue weighted by molar-refractivity contribution is -0.136. The van der Waals surface area contributed by atoms with E-state index in [1.165, 1.54) is 12.0 Å². The first kappa shape index (κ1) is 13.6. The Balaban J connectivity index is 2.60. The van der Waals surface area contributed by atoms with E-state index in [4.69, 9.17) is 5.11 Å². The molecule has 0 aromatic carbocycles. The van der Waals surface area contributed by atoms with Crippen LogP contribution in [0.5, 0.6) is 0 Å². The highest BCUT2D eigenvalue weighted by molar-refractivity contribution is 8.01. The molecule has 0 saturated carbocycles. The van der Waals surface area contributed by atoms with Gasteiger partial charge in [0.15, 0.2) is 0 Å². The van der Waals surface area contributed by atoms with Crippen LogP contribution in [0.15, 0.2) is 11.6 Å². The summed E-state index contributed by atoms with van der Waals surface area (Å²) in [6.45, 7) is 8.31. The van der Waals surface area contributed by atoms with Crippen LogP contribution in [0.25, 0.3) is 0 Å². The lowest BCUT2D eigenvalue weighted by Crippen LogP contribution is -2.32. The van der Waals surface area contributed by atoms with Crippen LogP contribution in [0.2, 0.25) is 0 Å². The summed E-state index contributed by atoms with van der Waals surface area (Å²) in [6, 6.07) is 0.